The van der Waals surface area contributed by atoms with E-state index in [2.05, 4.69) is 93.7 Å². The highest BCUT2D eigenvalue weighted by molar-refractivity contribution is 5.71. The molecule has 446 valence electrons. The van der Waals surface area contributed by atoms with Gasteiger partial charge in [0.2, 0.25) is 0 Å². The van der Waals surface area contributed by atoms with Gasteiger partial charge in [-0.3, -0.25) is 14.4 Å². The number of hydrogen-bond donors (Lipinski definition) is 0. The van der Waals surface area contributed by atoms with Crippen molar-refractivity contribution < 1.29 is 28.6 Å². The predicted molar refractivity (Wildman–Crippen MR) is 335 cm³/mol. The van der Waals surface area contributed by atoms with Crippen LogP contribution in [0.5, 0.6) is 0 Å². The zero-order valence-electron chi connectivity index (χ0n) is 51.2. The highest BCUT2D eigenvalue weighted by Gasteiger charge is 2.19. The predicted octanol–water partition coefficient (Wildman–Crippen LogP) is 22.9. The smallest absolute Gasteiger partial charge is 0.306 e. The maximum atomic E-state index is 12.9. The Hall–Kier alpha value is -3.15. The van der Waals surface area contributed by atoms with Crippen molar-refractivity contribution in [2.45, 2.75) is 348 Å². The molecular formula is C71H126O6. The van der Waals surface area contributed by atoms with E-state index in [0.29, 0.717) is 19.3 Å². The van der Waals surface area contributed by atoms with Gasteiger partial charge in [-0.05, 0) is 109 Å². The number of esters is 3. The minimum Gasteiger partial charge on any atom is -0.462 e. The van der Waals surface area contributed by atoms with Crippen LogP contribution in [-0.4, -0.2) is 37.2 Å². The molecule has 1 atom stereocenters. The van der Waals surface area contributed by atoms with Crippen LogP contribution < -0.4 is 0 Å². The molecule has 0 aromatic rings. The lowest BCUT2D eigenvalue weighted by Gasteiger charge is -2.18. The van der Waals surface area contributed by atoms with Crippen molar-refractivity contribution in [3.8, 4) is 0 Å². The largest absolute Gasteiger partial charge is 0.462 e. The first-order valence-electron chi connectivity index (χ1n) is 33.4. The lowest BCUT2D eigenvalue weighted by atomic mass is 10.0. The quantitative estimate of drug-likeness (QED) is 0.0261. The first-order chi connectivity index (χ1) is 38.0. The van der Waals surface area contributed by atoms with Crippen molar-refractivity contribution in [2.24, 2.45) is 0 Å². The number of allylic oxidation sites excluding steroid dienone is 12. The minimum absolute atomic E-state index is 0.0786. The molecule has 0 aromatic carbocycles. The van der Waals surface area contributed by atoms with E-state index in [4.69, 9.17) is 14.2 Å². The molecule has 77 heavy (non-hydrogen) atoms. The van der Waals surface area contributed by atoms with Crippen molar-refractivity contribution in [1.82, 2.24) is 0 Å². The fourth-order valence-corrected chi connectivity index (χ4v) is 9.66. The number of carbonyl (C=O) groups is 3. The third-order valence-corrected chi connectivity index (χ3v) is 14.7. The highest BCUT2D eigenvalue weighted by atomic mass is 16.6. The van der Waals surface area contributed by atoms with Crippen molar-refractivity contribution in [2.75, 3.05) is 13.2 Å². The number of hydrogen-bond acceptors (Lipinski definition) is 6. The second-order valence-corrected chi connectivity index (χ2v) is 22.3. The van der Waals surface area contributed by atoms with Crippen molar-refractivity contribution >= 4 is 17.9 Å². The topological polar surface area (TPSA) is 78.9 Å². The maximum absolute atomic E-state index is 12.9. The van der Waals surface area contributed by atoms with Crippen molar-refractivity contribution in [1.29, 1.82) is 0 Å². The number of ether oxygens (including phenoxy) is 3. The summed E-state index contributed by atoms with van der Waals surface area (Å²) in [6.45, 7) is 6.55. The van der Waals surface area contributed by atoms with Crippen LogP contribution >= 0.6 is 0 Å². The highest BCUT2D eigenvalue weighted by Crippen LogP contribution is 2.17. The zero-order valence-corrected chi connectivity index (χ0v) is 51.2. The Bertz CT molecular complexity index is 1420. The molecular weight excluding hydrogens is 949 g/mol. The zero-order chi connectivity index (χ0) is 55.7. The summed E-state index contributed by atoms with van der Waals surface area (Å²) < 4.78 is 17.0. The van der Waals surface area contributed by atoms with Gasteiger partial charge in [-0.15, -0.1) is 0 Å². The lowest BCUT2D eigenvalue weighted by Crippen LogP contribution is -2.30. The van der Waals surface area contributed by atoms with E-state index in [0.717, 1.165) is 89.9 Å². The summed E-state index contributed by atoms with van der Waals surface area (Å²) in [7, 11) is 0. The molecule has 6 nitrogen and oxygen atoms in total. The molecule has 0 aliphatic rings. The molecule has 0 aliphatic heterocycles. The molecule has 6 heteroatoms. The van der Waals surface area contributed by atoms with Gasteiger partial charge in [-0.25, -0.2) is 0 Å². The van der Waals surface area contributed by atoms with Gasteiger partial charge in [0.05, 0.1) is 0 Å². The Morgan fingerprint density at radius 1 is 0.273 bits per heavy atom. The average molecular weight is 1080 g/mol. The van der Waals surface area contributed by atoms with Crippen LogP contribution in [0.15, 0.2) is 72.9 Å². The number of carbonyl (C=O) groups excluding carboxylic acids is 3. The van der Waals surface area contributed by atoms with Crippen LogP contribution in [0.4, 0.5) is 0 Å². The van der Waals surface area contributed by atoms with E-state index in [1.807, 2.05) is 0 Å². The van der Waals surface area contributed by atoms with E-state index < -0.39 is 6.10 Å². The fourth-order valence-electron chi connectivity index (χ4n) is 9.66. The molecule has 0 bridgehead atoms. The molecule has 0 aromatic heterocycles. The van der Waals surface area contributed by atoms with Crippen LogP contribution in [0, 0.1) is 0 Å². The molecule has 0 saturated heterocycles. The van der Waals surface area contributed by atoms with Gasteiger partial charge in [-0.2, -0.15) is 0 Å². The molecule has 0 amide bonds. The van der Waals surface area contributed by atoms with E-state index in [1.54, 1.807) is 0 Å². The van der Waals surface area contributed by atoms with Gasteiger partial charge in [0.1, 0.15) is 13.2 Å². The van der Waals surface area contributed by atoms with Crippen LogP contribution in [0.2, 0.25) is 0 Å². The molecule has 0 fully saturated rings. The van der Waals surface area contributed by atoms with Gasteiger partial charge in [0.15, 0.2) is 6.10 Å². The fraction of sp³-hybridized carbons (Fsp3) is 0.789. The van der Waals surface area contributed by atoms with E-state index >= 15 is 0 Å². The first-order valence-corrected chi connectivity index (χ1v) is 33.4. The van der Waals surface area contributed by atoms with Gasteiger partial charge < -0.3 is 14.2 Å². The molecule has 0 radical (unpaired) electrons. The Kier molecular flexibility index (Phi) is 62.7. The van der Waals surface area contributed by atoms with Crippen LogP contribution in [-0.2, 0) is 28.6 Å². The Balaban J connectivity index is 4.35. The SMILES string of the molecule is CC/C=C\C/C=C\C/C=C\CCCCCCCCCC(=O)OCC(COC(=O)CCCCCCCCCCCCC/C=C\C/C=C\CCCCCCC)OC(=O)CCCCCCCCCCC/C=C\CCCCCCCC. The average Bonchev–Trinajstić information content (AvgIpc) is 3.43. The van der Waals surface area contributed by atoms with Gasteiger partial charge in [-0.1, -0.05) is 286 Å². The first kappa shape index (κ1) is 73.8. The van der Waals surface area contributed by atoms with Crippen molar-refractivity contribution in [3.63, 3.8) is 0 Å². The van der Waals surface area contributed by atoms with Gasteiger partial charge >= 0.3 is 17.9 Å². The molecule has 0 heterocycles. The lowest BCUT2D eigenvalue weighted by molar-refractivity contribution is -0.167. The number of rotatable bonds is 61. The number of unbranched alkanes of at least 4 members (excludes halogenated alkanes) is 38. The monoisotopic (exact) mass is 1070 g/mol. The summed E-state index contributed by atoms with van der Waals surface area (Å²) in [5.74, 6) is -0.875. The standard InChI is InChI=1S/C71H126O6/c1-4-7-10-13-16-19-22-25-28-31-33-34-35-36-38-40-43-46-49-52-55-58-61-64-70(73)76-67-68(66-75-69(72)63-60-57-54-51-48-45-42-39-30-27-24-21-18-15-12-9-6-3)77-71(74)65-62-59-56-53-50-47-44-41-37-32-29-26-23-20-17-14-11-8-5-2/h9,12,18,21-22,25-27,29-31,33,68H,4-8,10-11,13-17,19-20,23-24,28,32,34-67H2,1-3H3/b12-9-,21-18-,25-22-,29-26-,30-27-,33-31-. The Morgan fingerprint density at radius 2 is 0.506 bits per heavy atom. The summed E-state index contributed by atoms with van der Waals surface area (Å²) in [4.78, 5) is 38.4. The molecule has 1 unspecified atom stereocenters. The summed E-state index contributed by atoms with van der Waals surface area (Å²) in [6.07, 6.45) is 84.8. The van der Waals surface area contributed by atoms with E-state index in [-0.39, 0.29) is 31.1 Å². The molecule has 0 aliphatic carbocycles. The third kappa shape index (κ3) is 63.6. The van der Waals surface area contributed by atoms with E-state index in [9.17, 15) is 14.4 Å². The normalized spacial score (nSPS) is 12.5. The molecule has 0 N–H and O–H groups in total. The second-order valence-electron chi connectivity index (χ2n) is 22.3. The van der Waals surface area contributed by atoms with Crippen LogP contribution in [0.3, 0.4) is 0 Å². The summed E-state index contributed by atoms with van der Waals surface area (Å²) in [6, 6.07) is 0. The minimum atomic E-state index is -0.783. The van der Waals surface area contributed by atoms with E-state index in [1.165, 1.54) is 212 Å². The van der Waals surface area contributed by atoms with Crippen LogP contribution in [0.25, 0.3) is 0 Å². The molecule has 0 rings (SSSR count). The maximum Gasteiger partial charge on any atom is 0.306 e. The summed E-state index contributed by atoms with van der Waals surface area (Å²) in [5, 5.41) is 0. The second kappa shape index (κ2) is 65.4. The van der Waals surface area contributed by atoms with Crippen molar-refractivity contribution in [3.05, 3.63) is 72.9 Å². The molecule has 0 spiro atoms. The third-order valence-electron chi connectivity index (χ3n) is 14.7. The summed E-state index contributed by atoms with van der Waals surface area (Å²) >= 11 is 0. The van der Waals surface area contributed by atoms with Gasteiger partial charge in [0, 0.05) is 19.3 Å². The Morgan fingerprint density at radius 3 is 0.805 bits per heavy atom. The Labute approximate surface area is 478 Å². The van der Waals surface area contributed by atoms with Gasteiger partial charge in [0.25, 0.3) is 0 Å². The summed E-state index contributed by atoms with van der Waals surface area (Å²) in [5.41, 5.74) is 0. The van der Waals surface area contributed by atoms with Crippen LogP contribution in [0.1, 0.15) is 342 Å². The molecule has 0 saturated carbocycles.